The smallest absolute Gasteiger partial charge is 0.338 e. The van der Waals surface area contributed by atoms with E-state index in [1.807, 2.05) is 6.92 Å². The molecule has 1 aromatic rings. The summed E-state index contributed by atoms with van der Waals surface area (Å²) >= 11 is 0. The third-order valence-corrected chi connectivity index (χ3v) is 2.04. The molecule has 0 fully saturated rings. The number of aromatic carboxylic acids is 1. The van der Waals surface area contributed by atoms with Gasteiger partial charge in [-0.1, -0.05) is 6.92 Å². The van der Waals surface area contributed by atoms with Gasteiger partial charge in [0.15, 0.2) is 0 Å². The van der Waals surface area contributed by atoms with E-state index in [0.29, 0.717) is 6.42 Å². The van der Waals surface area contributed by atoms with Crippen molar-refractivity contribution in [3.63, 3.8) is 0 Å². The normalized spacial score (nSPS) is 10.1. The largest absolute Gasteiger partial charge is 0.478 e. The topological polar surface area (TPSA) is 37.3 Å². The highest BCUT2D eigenvalue weighted by molar-refractivity contribution is 5.88. The third-order valence-electron chi connectivity index (χ3n) is 2.04. The second kappa shape index (κ2) is 3.56. The zero-order chi connectivity index (χ0) is 10.0. The van der Waals surface area contributed by atoms with Crippen molar-refractivity contribution in [1.29, 1.82) is 0 Å². The average molecular weight is 182 g/mol. The fourth-order valence-corrected chi connectivity index (χ4v) is 1.26. The molecule has 1 aromatic carbocycles. The van der Waals surface area contributed by atoms with Gasteiger partial charge in [0.1, 0.15) is 5.82 Å². The van der Waals surface area contributed by atoms with Gasteiger partial charge in [-0.3, -0.25) is 0 Å². The molecule has 0 aliphatic heterocycles. The van der Waals surface area contributed by atoms with Gasteiger partial charge in [-0.2, -0.15) is 0 Å². The van der Waals surface area contributed by atoms with Crippen molar-refractivity contribution in [2.45, 2.75) is 20.3 Å². The molecular weight excluding hydrogens is 171 g/mol. The standard InChI is InChI=1S/C10H11FO2/c1-3-7-5-8(10(12)13)9(11)4-6(7)2/h4-5H,3H2,1-2H3,(H,12,13). The van der Waals surface area contributed by atoms with E-state index in [1.165, 1.54) is 12.1 Å². The second-order valence-corrected chi connectivity index (χ2v) is 2.92. The first-order chi connectivity index (χ1) is 6.06. The van der Waals surface area contributed by atoms with E-state index in [0.717, 1.165) is 11.1 Å². The van der Waals surface area contributed by atoms with Gasteiger partial charge in [-0.05, 0) is 36.6 Å². The summed E-state index contributed by atoms with van der Waals surface area (Å²) in [6.07, 6.45) is 0.715. The van der Waals surface area contributed by atoms with Crippen molar-refractivity contribution in [1.82, 2.24) is 0 Å². The minimum absolute atomic E-state index is 0.248. The molecular formula is C10H11FO2. The Morgan fingerprint density at radius 2 is 2.15 bits per heavy atom. The highest BCUT2D eigenvalue weighted by atomic mass is 19.1. The van der Waals surface area contributed by atoms with E-state index in [4.69, 9.17) is 5.11 Å². The molecule has 0 amide bonds. The number of rotatable bonds is 2. The molecule has 0 aliphatic carbocycles. The number of benzene rings is 1. The van der Waals surface area contributed by atoms with Crippen LogP contribution in [0.5, 0.6) is 0 Å². The number of aryl methyl sites for hydroxylation is 2. The van der Waals surface area contributed by atoms with Crippen LogP contribution in [-0.2, 0) is 6.42 Å². The van der Waals surface area contributed by atoms with Gasteiger partial charge < -0.3 is 5.11 Å². The third kappa shape index (κ3) is 1.86. The number of carbonyl (C=O) groups is 1. The SMILES string of the molecule is CCc1cc(C(=O)O)c(F)cc1C. The van der Waals surface area contributed by atoms with Crippen LogP contribution in [-0.4, -0.2) is 11.1 Å². The van der Waals surface area contributed by atoms with E-state index >= 15 is 0 Å². The van der Waals surface area contributed by atoms with Crippen LogP contribution in [0.15, 0.2) is 12.1 Å². The van der Waals surface area contributed by atoms with Crippen molar-refractivity contribution in [2.75, 3.05) is 0 Å². The lowest BCUT2D eigenvalue weighted by Gasteiger charge is -2.05. The molecule has 0 unspecified atom stereocenters. The minimum atomic E-state index is -1.22. The molecule has 0 aromatic heterocycles. The van der Waals surface area contributed by atoms with Crippen LogP contribution >= 0.6 is 0 Å². The fraction of sp³-hybridized carbons (Fsp3) is 0.300. The molecule has 0 atom stereocenters. The van der Waals surface area contributed by atoms with Crippen LogP contribution in [0, 0.1) is 12.7 Å². The Balaban J connectivity index is 3.30. The fourth-order valence-electron chi connectivity index (χ4n) is 1.26. The number of halogens is 1. The summed E-state index contributed by atoms with van der Waals surface area (Å²) in [6, 6.07) is 2.66. The Hall–Kier alpha value is -1.38. The van der Waals surface area contributed by atoms with Gasteiger partial charge in [0, 0.05) is 0 Å². The van der Waals surface area contributed by atoms with E-state index in [9.17, 15) is 9.18 Å². The molecule has 0 radical (unpaired) electrons. The summed E-state index contributed by atoms with van der Waals surface area (Å²) in [7, 11) is 0. The maximum Gasteiger partial charge on any atom is 0.338 e. The molecule has 3 heteroatoms. The molecule has 0 saturated heterocycles. The Morgan fingerprint density at radius 3 is 2.62 bits per heavy atom. The highest BCUT2D eigenvalue weighted by Gasteiger charge is 2.11. The van der Waals surface area contributed by atoms with Crippen molar-refractivity contribution < 1.29 is 14.3 Å². The zero-order valence-corrected chi connectivity index (χ0v) is 7.60. The average Bonchev–Trinajstić information content (AvgIpc) is 2.03. The van der Waals surface area contributed by atoms with Gasteiger partial charge in [0.05, 0.1) is 5.56 Å². The van der Waals surface area contributed by atoms with Gasteiger partial charge in [-0.15, -0.1) is 0 Å². The van der Waals surface area contributed by atoms with Crippen LogP contribution in [0.4, 0.5) is 4.39 Å². The quantitative estimate of drug-likeness (QED) is 0.762. The molecule has 2 nitrogen and oxygen atoms in total. The van der Waals surface area contributed by atoms with Crippen molar-refractivity contribution >= 4 is 5.97 Å². The maximum absolute atomic E-state index is 13.0. The van der Waals surface area contributed by atoms with E-state index in [2.05, 4.69) is 0 Å². The monoisotopic (exact) mass is 182 g/mol. The molecule has 0 saturated carbocycles. The summed E-state index contributed by atoms with van der Waals surface area (Å²) in [4.78, 5) is 10.6. The lowest BCUT2D eigenvalue weighted by Crippen LogP contribution is -2.03. The first-order valence-corrected chi connectivity index (χ1v) is 4.08. The Morgan fingerprint density at radius 1 is 1.54 bits per heavy atom. The van der Waals surface area contributed by atoms with E-state index in [1.54, 1.807) is 6.92 Å². The van der Waals surface area contributed by atoms with Crippen LogP contribution in [0.1, 0.15) is 28.4 Å². The summed E-state index contributed by atoms with van der Waals surface area (Å²) in [5.74, 6) is -1.88. The Labute approximate surface area is 76.0 Å². The molecule has 13 heavy (non-hydrogen) atoms. The predicted octanol–water partition coefficient (Wildman–Crippen LogP) is 2.39. The molecule has 1 N–H and O–H groups in total. The Kier molecular flexibility index (Phi) is 2.66. The predicted molar refractivity (Wildman–Crippen MR) is 47.5 cm³/mol. The first kappa shape index (κ1) is 9.71. The van der Waals surface area contributed by atoms with Crippen molar-refractivity contribution in [2.24, 2.45) is 0 Å². The van der Waals surface area contributed by atoms with Crippen molar-refractivity contribution in [3.8, 4) is 0 Å². The van der Waals surface area contributed by atoms with Crippen molar-refractivity contribution in [3.05, 3.63) is 34.6 Å². The van der Waals surface area contributed by atoms with Gasteiger partial charge in [-0.25, -0.2) is 9.18 Å². The van der Waals surface area contributed by atoms with E-state index < -0.39 is 11.8 Å². The number of carboxylic acid groups (broad SMARTS) is 1. The van der Waals surface area contributed by atoms with Gasteiger partial charge in [0.25, 0.3) is 0 Å². The van der Waals surface area contributed by atoms with Gasteiger partial charge in [0.2, 0.25) is 0 Å². The molecule has 0 bridgehead atoms. The lowest BCUT2D eigenvalue weighted by atomic mass is 10.0. The maximum atomic E-state index is 13.0. The highest BCUT2D eigenvalue weighted by Crippen LogP contribution is 2.15. The van der Waals surface area contributed by atoms with Crippen LogP contribution in [0.3, 0.4) is 0 Å². The zero-order valence-electron chi connectivity index (χ0n) is 7.60. The van der Waals surface area contributed by atoms with Crippen LogP contribution < -0.4 is 0 Å². The molecule has 0 spiro atoms. The Bertz CT molecular complexity index is 345. The summed E-state index contributed by atoms with van der Waals surface area (Å²) in [5.41, 5.74) is 1.42. The molecule has 1 rings (SSSR count). The summed E-state index contributed by atoms with van der Waals surface area (Å²) in [6.45, 7) is 3.68. The summed E-state index contributed by atoms with van der Waals surface area (Å²) < 4.78 is 13.0. The van der Waals surface area contributed by atoms with Gasteiger partial charge >= 0.3 is 5.97 Å². The molecule has 0 aliphatic rings. The molecule has 70 valence electrons. The number of hydrogen-bond donors (Lipinski definition) is 1. The minimum Gasteiger partial charge on any atom is -0.478 e. The first-order valence-electron chi connectivity index (χ1n) is 4.08. The summed E-state index contributed by atoms with van der Waals surface area (Å²) in [5, 5.41) is 8.64. The van der Waals surface area contributed by atoms with Crippen LogP contribution in [0.25, 0.3) is 0 Å². The van der Waals surface area contributed by atoms with E-state index in [-0.39, 0.29) is 5.56 Å². The number of hydrogen-bond acceptors (Lipinski definition) is 1. The lowest BCUT2D eigenvalue weighted by molar-refractivity contribution is 0.0692. The van der Waals surface area contributed by atoms with Crippen LogP contribution in [0.2, 0.25) is 0 Å². The second-order valence-electron chi connectivity index (χ2n) is 2.92. The number of carboxylic acids is 1. The molecule has 0 heterocycles.